The third kappa shape index (κ3) is 3.67. The van der Waals surface area contributed by atoms with Crippen LogP contribution < -0.4 is 5.32 Å². The summed E-state index contributed by atoms with van der Waals surface area (Å²) < 4.78 is 0. The molecular weight excluding hydrogens is 272 g/mol. The predicted octanol–water partition coefficient (Wildman–Crippen LogP) is 3.12. The number of likely N-dealkylation sites (tertiary alicyclic amines) is 1. The molecule has 3 rings (SSSR count). The highest BCUT2D eigenvalue weighted by Gasteiger charge is 2.35. The molecule has 3 aliphatic rings. The first kappa shape index (κ1) is 16.1. The third-order valence-corrected chi connectivity index (χ3v) is 5.41. The van der Waals surface area contributed by atoms with Gasteiger partial charge in [-0.3, -0.25) is 4.79 Å². The Hall–Kier alpha value is -0.280. The molecule has 0 spiro atoms. The lowest BCUT2D eigenvalue weighted by Crippen LogP contribution is -2.42. The minimum Gasteiger partial charge on any atom is -0.340 e. The van der Waals surface area contributed by atoms with Gasteiger partial charge >= 0.3 is 0 Å². The Morgan fingerprint density at radius 2 is 1.80 bits per heavy atom. The summed E-state index contributed by atoms with van der Waals surface area (Å²) in [7, 11) is 0. The van der Waals surface area contributed by atoms with Gasteiger partial charge in [0.1, 0.15) is 0 Å². The highest BCUT2D eigenvalue weighted by atomic mass is 35.5. The van der Waals surface area contributed by atoms with Crippen LogP contribution in [0.25, 0.3) is 0 Å². The molecule has 0 aromatic carbocycles. The lowest BCUT2D eigenvalue weighted by molar-refractivity contribution is -0.134. The summed E-state index contributed by atoms with van der Waals surface area (Å²) in [6.07, 6.45) is 10.9. The molecule has 3 fully saturated rings. The number of amides is 1. The lowest BCUT2D eigenvalue weighted by atomic mass is 9.89. The fourth-order valence-electron chi connectivity index (χ4n) is 4.35. The number of piperidine rings is 1. The van der Waals surface area contributed by atoms with Crippen molar-refractivity contribution in [2.45, 2.75) is 82.8 Å². The van der Waals surface area contributed by atoms with E-state index in [1.165, 1.54) is 51.4 Å². The molecule has 0 aromatic rings. The van der Waals surface area contributed by atoms with E-state index in [0.717, 1.165) is 13.0 Å². The Morgan fingerprint density at radius 3 is 2.50 bits per heavy atom. The number of hydrogen-bond acceptors (Lipinski definition) is 2. The van der Waals surface area contributed by atoms with Gasteiger partial charge in [-0.25, -0.2) is 0 Å². The first-order valence-electron chi connectivity index (χ1n) is 8.28. The Balaban J connectivity index is 0.00000147. The van der Waals surface area contributed by atoms with Crippen molar-refractivity contribution in [3.63, 3.8) is 0 Å². The van der Waals surface area contributed by atoms with E-state index in [4.69, 9.17) is 0 Å². The highest BCUT2D eigenvalue weighted by Crippen LogP contribution is 2.33. The predicted molar refractivity (Wildman–Crippen MR) is 84.2 cm³/mol. The van der Waals surface area contributed by atoms with Crippen molar-refractivity contribution in [2.24, 2.45) is 5.92 Å². The van der Waals surface area contributed by atoms with E-state index in [1.807, 2.05) is 0 Å². The first-order valence-corrected chi connectivity index (χ1v) is 8.28. The zero-order valence-corrected chi connectivity index (χ0v) is 13.5. The van der Waals surface area contributed by atoms with E-state index >= 15 is 0 Å². The summed E-state index contributed by atoms with van der Waals surface area (Å²) >= 11 is 0. The molecule has 3 heterocycles. The summed E-state index contributed by atoms with van der Waals surface area (Å²) in [6, 6.07) is 1.88. The number of nitrogens with one attached hydrogen (secondary N) is 1. The van der Waals surface area contributed by atoms with Gasteiger partial charge in [-0.1, -0.05) is 12.8 Å². The van der Waals surface area contributed by atoms with Crippen molar-refractivity contribution in [3.8, 4) is 0 Å². The van der Waals surface area contributed by atoms with Crippen molar-refractivity contribution in [3.05, 3.63) is 0 Å². The molecule has 3 unspecified atom stereocenters. The number of nitrogens with zero attached hydrogens (tertiary/aromatic N) is 1. The number of rotatable bonds is 2. The second kappa shape index (κ2) is 7.13. The number of hydrogen-bond donors (Lipinski definition) is 1. The molecule has 116 valence electrons. The van der Waals surface area contributed by atoms with Crippen LogP contribution >= 0.6 is 12.4 Å². The summed E-state index contributed by atoms with van der Waals surface area (Å²) in [6.45, 7) is 3.23. The Kier molecular flexibility index (Phi) is 5.74. The second-order valence-electron chi connectivity index (χ2n) is 6.96. The van der Waals surface area contributed by atoms with Gasteiger partial charge in [-0.05, 0) is 51.4 Å². The number of carbonyl (C=O) groups is 1. The van der Waals surface area contributed by atoms with Crippen LogP contribution in [0.15, 0.2) is 0 Å². The van der Waals surface area contributed by atoms with Gasteiger partial charge in [0.15, 0.2) is 0 Å². The molecule has 3 saturated heterocycles. The van der Waals surface area contributed by atoms with Gasteiger partial charge in [-0.15, -0.1) is 12.4 Å². The molecule has 1 amide bonds. The van der Waals surface area contributed by atoms with E-state index in [0.29, 0.717) is 30.0 Å². The van der Waals surface area contributed by atoms with Gasteiger partial charge in [-0.2, -0.15) is 0 Å². The Bertz CT molecular complexity index is 324. The van der Waals surface area contributed by atoms with Crippen molar-refractivity contribution in [2.75, 3.05) is 6.54 Å². The van der Waals surface area contributed by atoms with E-state index in [-0.39, 0.29) is 12.4 Å². The summed E-state index contributed by atoms with van der Waals surface area (Å²) in [5.74, 6) is 1.07. The molecular formula is C16H29ClN2O. The smallest absolute Gasteiger partial charge is 0.223 e. The Morgan fingerprint density at radius 1 is 1.10 bits per heavy atom. The molecule has 4 heteroatoms. The van der Waals surface area contributed by atoms with Gasteiger partial charge in [0.2, 0.25) is 5.91 Å². The molecule has 2 bridgehead atoms. The molecule has 3 aliphatic heterocycles. The summed E-state index contributed by atoms with van der Waals surface area (Å²) in [4.78, 5) is 14.7. The summed E-state index contributed by atoms with van der Waals surface area (Å²) in [5.41, 5.74) is 0. The maximum atomic E-state index is 12.6. The Labute approximate surface area is 129 Å². The second-order valence-corrected chi connectivity index (χ2v) is 6.96. The van der Waals surface area contributed by atoms with Crippen LogP contribution in [0.3, 0.4) is 0 Å². The molecule has 3 atom stereocenters. The summed E-state index contributed by atoms with van der Waals surface area (Å²) in [5, 5.41) is 3.67. The average molecular weight is 301 g/mol. The third-order valence-electron chi connectivity index (χ3n) is 5.41. The lowest BCUT2D eigenvalue weighted by Gasteiger charge is -2.32. The molecule has 0 saturated carbocycles. The van der Waals surface area contributed by atoms with Gasteiger partial charge in [0.25, 0.3) is 0 Å². The van der Waals surface area contributed by atoms with Crippen molar-refractivity contribution in [1.82, 2.24) is 10.2 Å². The fraction of sp³-hybridized carbons (Fsp3) is 0.938. The molecule has 20 heavy (non-hydrogen) atoms. The van der Waals surface area contributed by atoms with Crippen LogP contribution in [-0.4, -0.2) is 35.5 Å². The van der Waals surface area contributed by atoms with Crippen LogP contribution in [0, 0.1) is 5.92 Å². The van der Waals surface area contributed by atoms with Crippen molar-refractivity contribution >= 4 is 18.3 Å². The average Bonchev–Trinajstić information content (AvgIpc) is 2.60. The number of fused-ring (bicyclic) bond motifs is 2. The van der Waals surface area contributed by atoms with Crippen LogP contribution in [0.1, 0.15) is 64.7 Å². The minimum atomic E-state index is 0. The van der Waals surface area contributed by atoms with E-state index < -0.39 is 0 Å². The molecule has 0 aliphatic carbocycles. The zero-order chi connectivity index (χ0) is 13.2. The van der Waals surface area contributed by atoms with Crippen molar-refractivity contribution in [1.29, 1.82) is 0 Å². The minimum absolute atomic E-state index is 0. The SMILES string of the molecule is CC1CCCCCN1C(=O)CC1CC2CCC(C1)N2.Cl. The fourth-order valence-corrected chi connectivity index (χ4v) is 4.35. The van der Waals surface area contributed by atoms with E-state index in [9.17, 15) is 4.79 Å². The normalized spacial score (nSPS) is 37.1. The standard InChI is InChI=1S/C16H28N2O.ClH/c1-12-5-3-2-4-8-18(12)16(19)11-13-9-14-6-7-15(10-13)17-14;/h12-15,17H,2-11H2,1H3;1H. The van der Waals surface area contributed by atoms with Crippen LogP contribution in [0.5, 0.6) is 0 Å². The van der Waals surface area contributed by atoms with E-state index in [1.54, 1.807) is 0 Å². The zero-order valence-electron chi connectivity index (χ0n) is 12.6. The van der Waals surface area contributed by atoms with Crippen LogP contribution in [0.2, 0.25) is 0 Å². The van der Waals surface area contributed by atoms with Crippen LogP contribution in [-0.2, 0) is 4.79 Å². The largest absolute Gasteiger partial charge is 0.340 e. The molecule has 1 N–H and O–H groups in total. The molecule has 3 nitrogen and oxygen atoms in total. The monoisotopic (exact) mass is 300 g/mol. The highest BCUT2D eigenvalue weighted by molar-refractivity contribution is 5.85. The number of halogens is 1. The van der Waals surface area contributed by atoms with Gasteiger partial charge in [0.05, 0.1) is 0 Å². The van der Waals surface area contributed by atoms with Gasteiger partial charge in [0, 0.05) is 31.1 Å². The van der Waals surface area contributed by atoms with Gasteiger partial charge < -0.3 is 10.2 Å². The quantitative estimate of drug-likeness (QED) is 0.850. The maximum absolute atomic E-state index is 12.6. The molecule has 0 radical (unpaired) electrons. The molecule has 0 aromatic heterocycles. The number of carbonyl (C=O) groups excluding carboxylic acids is 1. The van der Waals surface area contributed by atoms with E-state index in [2.05, 4.69) is 17.1 Å². The van der Waals surface area contributed by atoms with Crippen molar-refractivity contribution < 1.29 is 4.79 Å². The topological polar surface area (TPSA) is 32.3 Å². The van der Waals surface area contributed by atoms with Crippen LogP contribution in [0.4, 0.5) is 0 Å². The first-order chi connectivity index (χ1) is 9.22. The maximum Gasteiger partial charge on any atom is 0.223 e.